The molecule has 1 saturated heterocycles. The molecule has 5 atom stereocenters. The minimum absolute atomic E-state index is 0.00776. The average molecular weight is 370 g/mol. The zero-order chi connectivity index (χ0) is 19.4. The molecule has 0 radical (unpaired) electrons. The first-order chi connectivity index (χ1) is 12.4. The van der Waals surface area contributed by atoms with E-state index in [0.717, 1.165) is 12.8 Å². The van der Waals surface area contributed by atoms with Crippen molar-refractivity contribution in [2.24, 2.45) is 0 Å². The highest BCUT2D eigenvalue weighted by atomic mass is 16.5. The molecule has 6 heteroatoms. The van der Waals surface area contributed by atoms with Crippen molar-refractivity contribution in [1.29, 1.82) is 0 Å². The molecule has 26 heavy (non-hydrogen) atoms. The van der Waals surface area contributed by atoms with Crippen LogP contribution in [0, 0.1) is 0 Å². The van der Waals surface area contributed by atoms with Crippen LogP contribution >= 0.6 is 0 Å². The van der Waals surface area contributed by atoms with Crippen molar-refractivity contribution in [3.05, 3.63) is 24.3 Å². The maximum atomic E-state index is 10.5. The maximum Gasteiger partial charge on any atom is 0.303 e. The number of rotatable bonds is 13. The van der Waals surface area contributed by atoms with E-state index in [2.05, 4.69) is 13.0 Å². The van der Waals surface area contributed by atoms with Gasteiger partial charge in [0, 0.05) is 12.8 Å². The molecule has 0 spiro atoms. The summed E-state index contributed by atoms with van der Waals surface area (Å²) in [4.78, 5) is 10.5. The molecule has 1 aliphatic heterocycles. The SMILES string of the molecule is CCCCC/C=C\C[C@@H](O)/C=C/[C@@H]1O[C@H]([C@@H](O)CCCC(=O)O)C[C@@H]1O. The van der Waals surface area contributed by atoms with E-state index in [-0.39, 0.29) is 6.42 Å². The summed E-state index contributed by atoms with van der Waals surface area (Å²) in [7, 11) is 0. The van der Waals surface area contributed by atoms with Gasteiger partial charge in [-0.2, -0.15) is 0 Å². The van der Waals surface area contributed by atoms with Gasteiger partial charge in [0.2, 0.25) is 0 Å². The largest absolute Gasteiger partial charge is 0.481 e. The molecule has 0 aromatic rings. The summed E-state index contributed by atoms with van der Waals surface area (Å²) >= 11 is 0. The number of allylic oxidation sites excluding steroid dienone is 1. The van der Waals surface area contributed by atoms with E-state index in [9.17, 15) is 20.1 Å². The molecule has 0 amide bonds. The van der Waals surface area contributed by atoms with Gasteiger partial charge >= 0.3 is 5.97 Å². The van der Waals surface area contributed by atoms with Crippen molar-refractivity contribution < 1.29 is 30.0 Å². The first-order valence-electron chi connectivity index (χ1n) is 9.68. The van der Waals surface area contributed by atoms with Gasteiger partial charge in [0.15, 0.2) is 0 Å². The summed E-state index contributed by atoms with van der Waals surface area (Å²) in [6.45, 7) is 2.16. The van der Waals surface area contributed by atoms with Gasteiger partial charge in [0.25, 0.3) is 0 Å². The van der Waals surface area contributed by atoms with E-state index in [1.807, 2.05) is 6.08 Å². The summed E-state index contributed by atoms with van der Waals surface area (Å²) < 4.78 is 5.65. The lowest BCUT2D eigenvalue weighted by Gasteiger charge is -2.17. The Hall–Kier alpha value is -1.21. The molecule has 1 fully saturated rings. The second-order valence-corrected chi connectivity index (χ2v) is 6.95. The normalized spacial score (nSPS) is 25.9. The lowest BCUT2D eigenvalue weighted by atomic mass is 10.0. The van der Waals surface area contributed by atoms with Crippen molar-refractivity contribution in [2.45, 2.75) is 95.2 Å². The zero-order valence-corrected chi connectivity index (χ0v) is 15.7. The Kier molecular flexibility index (Phi) is 11.4. The number of aliphatic hydroxyl groups is 3. The number of carbonyl (C=O) groups is 1. The van der Waals surface area contributed by atoms with Crippen LogP contribution in [0.15, 0.2) is 24.3 Å². The first-order valence-corrected chi connectivity index (χ1v) is 9.68. The van der Waals surface area contributed by atoms with Crippen molar-refractivity contribution in [2.75, 3.05) is 0 Å². The second-order valence-electron chi connectivity index (χ2n) is 6.95. The molecule has 1 heterocycles. The van der Waals surface area contributed by atoms with Crippen LogP contribution in [0.5, 0.6) is 0 Å². The fourth-order valence-corrected chi connectivity index (χ4v) is 2.97. The van der Waals surface area contributed by atoms with Crippen LogP contribution in [0.1, 0.15) is 64.7 Å². The molecule has 4 N–H and O–H groups in total. The quantitative estimate of drug-likeness (QED) is 0.293. The summed E-state index contributed by atoms with van der Waals surface area (Å²) in [5.41, 5.74) is 0. The van der Waals surface area contributed by atoms with Crippen LogP contribution in [0.3, 0.4) is 0 Å². The van der Waals surface area contributed by atoms with Crippen molar-refractivity contribution in [3.8, 4) is 0 Å². The van der Waals surface area contributed by atoms with E-state index < -0.39 is 36.5 Å². The standard InChI is InChI=1S/C20H34O6/c1-2-3-4-5-6-7-9-15(21)12-13-18-17(23)14-19(26-18)16(22)10-8-11-20(24)25/h6-7,12-13,15-19,21-23H,2-5,8-11,14H2,1H3,(H,24,25)/b7-6-,13-12+/t15-,16+,17+,18+,19+/m1/s1. The molecule has 0 aromatic heterocycles. The molecule has 150 valence electrons. The Morgan fingerprint density at radius 1 is 1.23 bits per heavy atom. The topological polar surface area (TPSA) is 107 Å². The van der Waals surface area contributed by atoms with Crippen LogP contribution in [0.4, 0.5) is 0 Å². The summed E-state index contributed by atoms with van der Waals surface area (Å²) in [6, 6.07) is 0. The Labute approximate surface area is 156 Å². The molecule has 0 saturated carbocycles. The zero-order valence-electron chi connectivity index (χ0n) is 15.7. The third kappa shape index (κ3) is 9.48. The van der Waals surface area contributed by atoms with Gasteiger partial charge in [-0.15, -0.1) is 0 Å². The summed E-state index contributed by atoms with van der Waals surface area (Å²) in [5.74, 6) is -0.890. The molecule has 0 bridgehead atoms. The number of ether oxygens (including phenoxy) is 1. The number of hydrogen-bond acceptors (Lipinski definition) is 5. The van der Waals surface area contributed by atoms with Gasteiger partial charge in [0.05, 0.1) is 24.4 Å². The third-order valence-electron chi connectivity index (χ3n) is 4.55. The van der Waals surface area contributed by atoms with Gasteiger partial charge < -0.3 is 25.2 Å². The van der Waals surface area contributed by atoms with Crippen molar-refractivity contribution in [3.63, 3.8) is 0 Å². The molecular weight excluding hydrogens is 336 g/mol. The van der Waals surface area contributed by atoms with Gasteiger partial charge in [0.1, 0.15) is 6.10 Å². The average Bonchev–Trinajstić information content (AvgIpc) is 2.96. The fraction of sp³-hybridized carbons (Fsp3) is 0.750. The molecule has 1 rings (SSSR count). The Morgan fingerprint density at radius 2 is 2.00 bits per heavy atom. The van der Waals surface area contributed by atoms with E-state index >= 15 is 0 Å². The Morgan fingerprint density at radius 3 is 2.69 bits per heavy atom. The smallest absolute Gasteiger partial charge is 0.303 e. The predicted octanol–water partition coefficient (Wildman–Crippen LogP) is 2.56. The minimum Gasteiger partial charge on any atom is -0.481 e. The molecule has 1 aliphatic rings. The van der Waals surface area contributed by atoms with Crippen molar-refractivity contribution >= 4 is 5.97 Å². The number of hydrogen-bond donors (Lipinski definition) is 4. The third-order valence-corrected chi connectivity index (χ3v) is 4.55. The molecule has 0 aliphatic carbocycles. The molecular formula is C20H34O6. The second kappa shape index (κ2) is 13.0. The van der Waals surface area contributed by atoms with Gasteiger partial charge in [-0.3, -0.25) is 4.79 Å². The van der Waals surface area contributed by atoms with Crippen LogP contribution < -0.4 is 0 Å². The van der Waals surface area contributed by atoms with E-state index in [1.165, 1.54) is 12.8 Å². The van der Waals surface area contributed by atoms with Crippen LogP contribution in [0.2, 0.25) is 0 Å². The summed E-state index contributed by atoms with van der Waals surface area (Å²) in [5, 5.41) is 38.7. The molecule has 6 nitrogen and oxygen atoms in total. The minimum atomic E-state index is -0.890. The van der Waals surface area contributed by atoms with Gasteiger partial charge in [-0.05, 0) is 32.1 Å². The Balaban J connectivity index is 2.31. The lowest BCUT2D eigenvalue weighted by Crippen LogP contribution is -2.26. The fourth-order valence-electron chi connectivity index (χ4n) is 2.97. The number of carboxylic acid groups (broad SMARTS) is 1. The number of unbranched alkanes of at least 4 members (excludes halogenated alkanes) is 3. The van der Waals surface area contributed by atoms with Crippen LogP contribution in [0.25, 0.3) is 0 Å². The highest BCUT2D eigenvalue weighted by Gasteiger charge is 2.36. The predicted molar refractivity (Wildman–Crippen MR) is 99.8 cm³/mol. The van der Waals surface area contributed by atoms with Crippen LogP contribution in [-0.4, -0.2) is 56.9 Å². The number of carboxylic acids is 1. The highest BCUT2D eigenvalue weighted by molar-refractivity contribution is 5.66. The Bertz CT molecular complexity index is 448. The van der Waals surface area contributed by atoms with Crippen molar-refractivity contribution in [1.82, 2.24) is 0 Å². The molecule has 0 aromatic carbocycles. The maximum absolute atomic E-state index is 10.5. The van der Waals surface area contributed by atoms with Gasteiger partial charge in [-0.1, -0.05) is 44.1 Å². The lowest BCUT2D eigenvalue weighted by molar-refractivity contribution is -0.137. The summed E-state index contributed by atoms with van der Waals surface area (Å²) in [6.07, 6.45) is 10.2. The number of aliphatic carboxylic acids is 1. The van der Waals surface area contributed by atoms with Crippen LogP contribution in [-0.2, 0) is 9.53 Å². The first kappa shape index (κ1) is 22.8. The van der Waals surface area contributed by atoms with E-state index in [4.69, 9.17) is 9.84 Å². The monoisotopic (exact) mass is 370 g/mol. The van der Waals surface area contributed by atoms with Gasteiger partial charge in [-0.25, -0.2) is 0 Å². The highest BCUT2D eigenvalue weighted by Crippen LogP contribution is 2.26. The molecule has 0 unspecified atom stereocenters. The van der Waals surface area contributed by atoms with E-state index in [0.29, 0.717) is 25.7 Å². The number of aliphatic hydroxyl groups excluding tert-OH is 3. The van der Waals surface area contributed by atoms with E-state index in [1.54, 1.807) is 12.2 Å².